The molecule has 0 bridgehead atoms. The monoisotopic (exact) mass is 372 g/mol. The maximum absolute atomic E-state index is 14.6. The van der Waals surface area contributed by atoms with E-state index in [-0.39, 0.29) is 24.1 Å². The van der Waals surface area contributed by atoms with Crippen LogP contribution in [0.5, 0.6) is 0 Å². The number of esters is 1. The zero-order chi connectivity index (χ0) is 18.8. The van der Waals surface area contributed by atoms with Crippen molar-refractivity contribution in [1.29, 1.82) is 0 Å². The second-order valence-corrected chi connectivity index (χ2v) is 6.60. The molecule has 4 rings (SSSR count). The van der Waals surface area contributed by atoms with Crippen molar-refractivity contribution in [3.05, 3.63) is 46.3 Å². The van der Waals surface area contributed by atoms with Crippen LogP contribution in [0.25, 0.3) is 23.5 Å². The van der Waals surface area contributed by atoms with E-state index >= 15 is 0 Å². The molecule has 5 nitrogen and oxygen atoms in total. The number of rotatable bonds is 5. The lowest BCUT2D eigenvalue weighted by Gasteiger charge is -2.23. The molecule has 1 aromatic carbocycles. The standard InChI is InChI=1S/C21H21FO5/c1-2-24-20(23)10-13-8-15-12-19(27-18(15)9-13)16-5-4-14(11-17(16)22)21-25-6-3-7-26-21/h4-5,8-9,11-13,21H,2-3,6-7,10H2,1H3. The van der Waals surface area contributed by atoms with Gasteiger partial charge >= 0.3 is 5.97 Å². The van der Waals surface area contributed by atoms with E-state index in [4.69, 9.17) is 18.6 Å². The van der Waals surface area contributed by atoms with Crippen LogP contribution in [0, 0.1) is 11.7 Å². The molecule has 2 aromatic rings. The summed E-state index contributed by atoms with van der Waals surface area (Å²) in [6.07, 6.45) is 4.41. The molecule has 142 valence electrons. The molecule has 1 aliphatic heterocycles. The molecule has 6 heteroatoms. The number of carbonyl (C=O) groups excluding carboxylic acids is 1. The molecule has 0 amide bonds. The lowest BCUT2D eigenvalue weighted by molar-refractivity contribution is -0.183. The van der Waals surface area contributed by atoms with Crippen LogP contribution in [0.15, 0.2) is 28.7 Å². The highest BCUT2D eigenvalue weighted by Crippen LogP contribution is 2.28. The lowest BCUT2D eigenvalue weighted by atomic mass is 10.1. The second kappa shape index (κ2) is 7.66. The third-order valence-electron chi connectivity index (χ3n) is 4.62. The van der Waals surface area contributed by atoms with Crippen molar-refractivity contribution in [2.24, 2.45) is 5.92 Å². The van der Waals surface area contributed by atoms with E-state index in [1.54, 1.807) is 25.1 Å². The molecule has 2 aliphatic rings. The largest absolute Gasteiger partial charge is 0.466 e. The van der Waals surface area contributed by atoms with Gasteiger partial charge in [-0.05, 0) is 37.6 Å². The first-order valence-electron chi connectivity index (χ1n) is 9.16. The van der Waals surface area contributed by atoms with Gasteiger partial charge in [-0.25, -0.2) is 4.39 Å². The van der Waals surface area contributed by atoms with Gasteiger partial charge in [0.2, 0.25) is 0 Å². The first-order chi connectivity index (χ1) is 13.1. The minimum absolute atomic E-state index is 0.0559. The Morgan fingerprint density at radius 3 is 2.74 bits per heavy atom. The molecule has 0 radical (unpaired) electrons. The number of hydrogen-bond donors (Lipinski definition) is 0. The zero-order valence-corrected chi connectivity index (χ0v) is 15.1. The quantitative estimate of drug-likeness (QED) is 0.756. The number of carbonyl (C=O) groups is 1. The Morgan fingerprint density at radius 2 is 2.04 bits per heavy atom. The number of hydrogen-bond acceptors (Lipinski definition) is 5. The molecule has 0 spiro atoms. The molecule has 1 atom stereocenters. The highest BCUT2D eigenvalue weighted by molar-refractivity contribution is 5.73. The van der Waals surface area contributed by atoms with Gasteiger partial charge in [-0.2, -0.15) is 0 Å². The number of ether oxygens (including phenoxy) is 3. The first kappa shape index (κ1) is 17.9. The van der Waals surface area contributed by atoms with Gasteiger partial charge in [-0.1, -0.05) is 12.1 Å². The van der Waals surface area contributed by atoms with E-state index in [0.717, 1.165) is 11.6 Å². The van der Waals surface area contributed by atoms with Gasteiger partial charge in [0.15, 0.2) is 6.29 Å². The Morgan fingerprint density at radius 1 is 1.22 bits per heavy atom. The van der Waals surface area contributed by atoms with Gasteiger partial charge < -0.3 is 18.6 Å². The molecule has 27 heavy (non-hydrogen) atoms. The molecular formula is C21H21FO5. The molecule has 2 heterocycles. The SMILES string of the molecule is CCOC(=O)CC1C=c2cc(-c3ccc(C4OCCCO4)cc3F)oc2=C1. The predicted octanol–water partition coefficient (Wildman–Crippen LogP) is 2.67. The van der Waals surface area contributed by atoms with Gasteiger partial charge in [0.1, 0.15) is 17.0 Å². The summed E-state index contributed by atoms with van der Waals surface area (Å²) < 4.78 is 36.4. The maximum atomic E-state index is 14.6. The Balaban J connectivity index is 1.53. The van der Waals surface area contributed by atoms with Crippen molar-refractivity contribution in [1.82, 2.24) is 0 Å². The highest BCUT2D eigenvalue weighted by Gasteiger charge is 2.20. The van der Waals surface area contributed by atoms with E-state index < -0.39 is 6.29 Å². The van der Waals surface area contributed by atoms with Crippen molar-refractivity contribution >= 4 is 18.1 Å². The summed E-state index contributed by atoms with van der Waals surface area (Å²) >= 11 is 0. The molecular weight excluding hydrogens is 351 g/mol. The summed E-state index contributed by atoms with van der Waals surface area (Å²) in [4.78, 5) is 11.6. The molecule has 1 aliphatic carbocycles. The fourth-order valence-electron chi connectivity index (χ4n) is 3.37. The van der Waals surface area contributed by atoms with Crippen molar-refractivity contribution < 1.29 is 27.8 Å². The van der Waals surface area contributed by atoms with Gasteiger partial charge in [-0.15, -0.1) is 0 Å². The van der Waals surface area contributed by atoms with Gasteiger partial charge in [0.25, 0.3) is 0 Å². The van der Waals surface area contributed by atoms with Crippen LogP contribution in [0.4, 0.5) is 4.39 Å². The number of benzene rings is 1. The minimum Gasteiger partial charge on any atom is -0.466 e. The van der Waals surface area contributed by atoms with E-state index in [9.17, 15) is 9.18 Å². The Bertz CT molecular complexity index is 922. The van der Waals surface area contributed by atoms with E-state index in [2.05, 4.69) is 0 Å². The van der Waals surface area contributed by atoms with Gasteiger partial charge in [-0.3, -0.25) is 4.79 Å². The third kappa shape index (κ3) is 3.82. The maximum Gasteiger partial charge on any atom is 0.306 e. The van der Waals surface area contributed by atoms with E-state index in [0.29, 0.717) is 42.1 Å². The summed E-state index contributed by atoms with van der Waals surface area (Å²) in [6, 6.07) is 6.69. The number of halogens is 1. The summed E-state index contributed by atoms with van der Waals surface area (Å²) in [5.41, 5.74) is 1.69. The average molecular weight is 372 g/mol. The number of furan rings is 1. The topological polar surface area (TPSA) is 57.9 Å². The Labute approximate surface area is 156 Å². The van der Waals surface area contributed by atoms with Crippen LogP contribution in [0.3, 0.4) is 0 Å². The lowest BCUT2D eigenvalue weighted by Crippen LogP contribution is -2.17. The predicted molar refractivity (Wildman–Crippen MR) is 96.3 cm³/mol. The minimum atomic E-state index is -0.519. The van der Waals surface area contributed by atoms with E-state index in [1.165, 1.54) is 6.07 Å². The molecule has 1 saturated heterocycles. The summed E-state index contributed by atoms with van der Waals surface area (Å²) in [5.74, 6) is -0.230. The summed E-state index contributed by atoms with van der Waals surface area (Å²) in [5, 5.41) is 0.863. The van der Waals surface area contributed by atoms with Crippen LogP contribution >= 0.6 is 0 Å². The Hall–Kier alpha value is -2.44. The number of fused-ring (bicyclic) bond motifs is 1. The van der Waals surface area contributed by atoms with Crippen molar-refractivity contribution in [2.45, 2.75) is 26.1 Å². The fraction of sp³-hybridized carbons (Fsp3) is 0.381. The van der Waals surface area contributed by atoms with Crippen LogP contribution < -0.4 is 10.6 Å². The normalized spacial score (nSPS) is 19.3. The summed E-state index contributed by atoms with van der Waals surface area (Å²) in [7, 11) is 0. The first-order valence-corrected chi connectivity index (χ1v) is 9.16. The van der Waals surface area contributed by atoms with Crippen LogP contribution in [0.2, 0.25) is 0 Å². The van der Waals surface area contributed by atoms with Crippen molar-refractivity contribution in [2.75, 3.05) is 19.8 Å². The van der Waals surface area contributed by atoms with Crippen molar-refractivity contribution in [3.8, 4) is 11.3 Å². The van der Waals surface area contributed by atoms with Crippen LogP contribution in [0.1, 0.15) is 31.6 Å². The van der Waals surface area contributed by atoms with Crippen LogP contribution in [-0.2, 0) is 19.0 Å². The third-order valence-corrected chi connectivity index (χ3v) is 4.62. The molecule has 0 N–H and O–H groups in total. The molecule has 0 saturated carbocycles. The smallest absolute Gasteiger partial charge is 0.306 e. The van der Waals surface area contributed by atoms with Gasteiger partial charge in [0.05, 0.1) is 31.8 Å². The second-order valence-electron chi connectivity index (χ2n) is 6.60. The van der Waals surface area contributed by atoms with E-state index in [1.807, 2.05) is 12.2 Å². The Kier molecular flexibility index (Phi) is 5.09. The van der Waals surface area contributed by atoms with Gasteiger partial charge in [0, 0.05) is 16.7 Å². The zero-order valence-electron chi connectivity index (χ0n) is 15.1. The fourth-order valence-corrected chi connectivity index (χ4v) is 3.37. The highest BCUT2D eigenvalue weighted by atomic mass is 19.1. The van der Waals surface area contributed by atoms with Crippen molar-refractivity contribution in [3.63, 3.8) is 0 Å². The molecule has 1 fully saturated rings. The van der Waals surface area contributed by atoms with Crippen LogP contribution in [-0.4, -0.2) is 25.8 Å². The molecule has 1 aromatic heterocycles. The average Bonchev–Trinajstić information content (AvgIpc) is 3.21. The molecule has 1 unspecified atom stereocenters. The summed E-state index contributed by atoms with van der Waals surface area (Å²) in [6.45, 7) is 3.36.